The van der Waals surface area contributed by atoms with Crippen molar-refractivity contribution in [3.05, 3.63) is 58.7 Å². The zero-order chi connectivity index (χ0) is 48.6. The maximum atomic E-state index is 14.5. The Kier molecular flexibility index (Phi) is 15.6. The molecule has 12 nitrogen and oxygen atoms in total. The van der Waals surface area contributed by atoms with E-state index in [4.69, 9.17) is 18.9 Å². The monoisotopic (exact) mass is 903 g/mol. The lowest BCUT2D eigenvalue weighted by Gasteiger charge is -2.46. The summed E-state index contributed by atoms with van der Waals surface area (Å²) in [5, 5.41) is 14.4. The Bertz CT molecular complexity index is 2020. The van der Waals surface area contributed by atoms with Gasteiger partial charge in [0, 0.05) is 83.7 Å². The molecule has 0 saturated carbocycles. The number of hydrogen-bond donors (Lipinski definition) is 4. The summed E-state index contributed by atoms with van der Waals surface area (Å²) in [5.41, 5.74) is -0.596. The van der Waals surface area contributed by atoms with Gasteiger partial charge in [-0.05, 0) is 145 Å². The molecule has 0 spiro atoms. The van der Waals surface area contributed by atoms with Crippen LogP contribution in [0.2, 0.25) is 0 Å². The second-order valence-electron chi connectivity index (χ2n) is 23.9. The number of ether oxygens (including phenoxy) is 4. The molecule has 362 valence electrons. The molecule has 0 aromatic heterocycles. The summed E-state index contributed by atoms with van der Waals surface area (Å²) in [6.45, 7) is 34.1. The van der Waals surface area contributed by atoms with Crippen LogP contribution in [0.4, 0.5) is 0 Å². The molecule has 1 unspecified atom stereocenters. The van der Waals surface area contributed by atoms with Crippen molar-refractivity contribution in [2.24, 2.45) is 0 Å². The van der Waals surface area contributed by atoms with Gasteiger partial charge in [0.15, 0.2) is 0 Å². The predicted octanol–water partition coefficient (Wildman–Crippen LogP) is 9.86. The van der Waals surface area contributed by atoms with E-state index in [2.05, 4.69) is 125 Å². The largest absolute Gasteiger partial charge is 0.459 e. The first-order valence-corrected chi connectivity index (χ1v) is 24.1. The van der Waals surface area contributed by atoms with Gasteiger partial charge in [-0.25, -0.2) is 19.2 Å². The Morgan fingerprint density at radius 1 is 0.554 bits per heavy atom. The Labute approximate surface area is 390 Å². The fraction of sp³-hybridized carbons (Fsp3) is 0.698. The first kappa shape index (κ1) is 52.1. The number of carbonyl (C=O) groups excluding carboxylic acids is 4. The van der Waals surface area contributed by atoms with Gasteiger partial charge in [-0.1, -0.05) is 32.4 Å². The van der Waals surface area contributed by atoms with Crippen LogP contribution in [0.25, 0.3) is 11.1 Å². The number of hydrogen-bond acceptors (Lipinski definition) is 12. The number of nitrogens with one attached hydrogen (secondary N) is 4. The van der Waals surface area contributed by atoms with E-state index in [0.29, 0.717) is 62.5 Å². The van der Waals surface area contributed by atoms with Crippen LogP contribution in [0.3, 0.4) is 0 Å². The van der Waals surface area contributed by atoms with E-state index in [-0.39, 0.29) is 73.2 Å². The van der Waals surface area contributed by atoms with Crippen LogP contribution in [0.1, 0.15) is 210 Å². The summed E-state index contributed by atoms with van der Waals surface area (Å²) in [4.78, 5) is 57.4. The van der Waals surface area contributed by atoms with E-state index in [1.807, 2.05) is 6.92 Å². The number of piperidine rings is 3. The van der Waals surface area contributed by atoms with Gasteiger partial charge in [0.05, 0.1) is 22.3 Å². The topological polar surface area (TPSA) is 153 Å². The molecule has 0 amide bonds. The Morgan fingerprint density at radius 2 is 0.877 bits per heavy atom. The second-order valence-corrected chi connectivity index (χ2v) is 23.9. The molecule has 0 radical (unpaired) electrons. The van der Waals surface area contributed by atoms with Gasteiger partial charge in [-0.15, -0.1) is 0 Å². The maximum absolute atomic E-state index is 14.5. The maximum Gasteiger partial charge on any atom is 0.339 e. The Hall–Kier alpha value is -3.84. The third kappa shape index (κ3) is 14.6. The summed E-state index contributed by atoms with van der Waals surface area (Å²) >= 11 is 0. The van der Waals surface area contributed by atoms with E-state index in [1.165, 1.54) is 0 Å². The Balaban J connectivity index is 1.57. The van der Waals surface area contributed by atoms with E-state index in [9.17, 15) is 19.2 Å². The molecule has 3 aliphatic heterocycles. The standard InChI is InChI=1S/C53H82N4O8/c1-17-19-35(26-47(3,4)54-18-2)62-45(60)41-24-33(20-22-39(41)43(58)63-36-27-48(5,6)55-49(7,8)28-36)34-21-23-40(44(59)64-37-29-50(9,10)56-51(11,12)30-37)42(25-34)46(61)65-38-31-52(13,14)57-53(15,16)32-38/h20-25,35-38,54-57H,17-19,26-32H2,1-16H3. The minimum Gasteiger partial charge on any atom is -0.459 e. The fourth-order valence-corrected chi connectivity index (χ4v) is 11.6. The van der Waals surface area contributed by atoms with E-state index in [1.54, 1.807) is 36.4 Å². The van der Waals surface area contributed by atoms with Crippen LogP contribution < -0.4 is 21.3 Å². The quantitative estimate of drug-likeness (QED) is 0.0994. The highest BCUT2D eigenvalue weighted by Gasteiger charge is 2.43. The van der Waals surface area contributed by atoms with Crippen molar-refractivity contribution in [3.8, 4) is 11.1 Å². The lowest BCUT2D eigenvalue weighted by atomic mass is 9.81. The van der Waals surface area contributed by atoms with Crippen LogP contribution in [0, 0.1) is 0 Å². The molecular formula is C53H82N4O8. The molecule has 1 atom stereocenters. The van der Waals surface area contributed by atoms with Crippen molar-refractivity contribution in [2.45, 2.75) is 232 Å². The molecule has 3 aliphatic rings. The van der Waals surface area contributed by atoms with Gasteiger partial charge < -0.3 is 40.2 Å². The lowest BCUT2D eigenvalue weighted by Crippen LogP contribution is -2.59. The number of rotatable bonds is 15. The van der Waals surface area contributed by atoms with Crippen LogP contribution in [-0.4, -0.2) is 93.6 Å². The molecule has 2 aromatic rings. The number of carbonyl (C=O) groups is 4. The predicted molar refractivity (Wildman–Crippen MR) is 258 cm³/mol. The molecule has 12 heteroatoms. The molecule has 65 heavy (non-hydrogen) atoms. The SMILES string of the molecule is CCCC(CC(C)(C)NCC)OC(=O)c1cc(-c2ccc(C(=O)OC3CC(C)(C)NC(C)(C)C3)c(C(=O)OC3CC(C)(C)NC(C)(C)C3)c2)ccc1C(=O)OC1CC(C)(C)NC(C)(C)C1. The third-order valence-electron chi connectivity index (χ3n) is 12.8. The summed E-state index contributed by atoms with van der Waals surface area (Å²) in [5.74, 6) is -2.50. The van der Waals surface area contributed by atoms with Gasteiger partial charge >= 0.3 is 23.9 Å². The van der Waals surface area contributed by atoms with Crippen LogP contribution in [-0.2, 0) is 18.9 Å². The molecule has 3 fully saturated rings. The summed E-state index contributed by atoms with van der Waals surface area (Å²) in [7, 11) is 0. The van der Waals surface area contributed by atoms with E-state index in [0.717, 1.165) is 13.0 Å². The Morgan fingerprint density at radius 3 is 1.20 bits per heavy atom. The van der Waals surface area contributed by atoms with Crippen LogP contribution in [0.5, 0.6) is 0 Å². The van der Waals surface area contributed by atoms with Gasteiger partial charge in [0.25, 0.3) is 0 Å². The van der Waals surface area contributed by atoms with Crippen molar-refractivity contribution < 1.29 is 38.1 Å². The summed E-state index contributed by atoms with van der Waals surface area (Å²) in [6.07, 6.45) is 3.98. The van der Waals surface area contributed by atoms with Crippen LogP contribution in [0.15, 0.2) is 36.4 Å². The second kappa shape index (κ2) is 19.4. The van der Waals surface area contributed by atoms with Crippen molar-refractivity contribution >= 4 is 23.9 Å². The summed E-state index contributed by atoms with van der Waals surface area (Å²) in [6, 6.07) is 9.94. The number of benzene rings is 2. The lowest BCUT2D eigenvalue weighted by molar-refractivity contribution is -0.0106. The fourth-order valence-electron chi connectivity index (χ4n) is 11.6. The molecule has 0 aliphatic carbocycles. The highest BCUT2D eigenvalue weighted by molar-refractivity contribution is 6.06. The normalized spacial score (nSPS) is 22.0. The van der Waals surface area contributed by atoms with Gasteiger partial charge in [0.1, 0.15) is 24.4 Å². The van der Waals surface area contributed by atoms with Crippen LogP contribution >= 0.6 is 0 Å². The minimum absolute atomic E-state index is 0.0604. The molecule has 0 bridgehead atoms. The third-order valence-corrected chi connectivity index (χ3v) is 12.8. The highest BCUT2D eigenvalue weighted by atomic mass is 16.6. The molecule has 3 saturated heterocycles. The minimum atomic E-state index is -0.640. The van der Waals surface area contributed by atoms with Crippen molar-refractivity contribution in [1.29, 1.82) is 0 Å². The smallest absolute Gasteiger partial charge is 0.339 e. The highest BCUT2D eigenvalue weighted by Crippen LogP contribution is 2.36. The first-order valence-electron chi connectivity index (χ1n) is 24.1. The van der Waals surface area contributed by atoms with Gasteiger partial charge in [0.2, 0.25) is 0 Å². The average molecular weight is 903 g/mol. The summed E-state index contributed by atoms with van der Waals surface area (Å²) < 4.78 is 25.0. The molecule has 2 aromatic carbocycles. The average Bonchev–Trinajstić information content (AvgIpc) is 3.10. The molecule has 3 heterocycles. The van der Waals surface area contributed by atoms with Crippen molar-refractivity contribution in [1.82, 2.24) is 21.3 Å². The zero-order valence-corrected chi connectivity index (χ0v) is 42.6. The molecule has 4 N–H and O–H groups in total. The van der Waals surface area contributed by atoms with E-state index < -0.39 is 36.1 Å². The molecular weight excluding hydrogens is 821 g/mol. The zero-order valence-electron chi connectivity index (χ0n) is 42.6. The number of esters is 4. The first-order chi connectivity index (χ1) is 29.8. The molecule has 5 rings (SSSR count). The van der Waals surface area contributed by atoms with Gasteiger partial charge in [-0.3, -0.25) is 0 Å². The van der Waals surface area contributed by atoms with Gasteiger partial charge in [-0.2, -0.15) is 0 Å². The van der Waals surface area contributed by atoms with Crippen molar-refractivity contribution in [3.63, 3.8) is 0 Å². The van der Waals surface area contributed by atoms with E-state index >= 15 is 0 Å². The van der Waals surface area contributed by atoms with Crippen molar-refractivity contribution in [2.75, 3.05) is 6.54 Å².